The lowest BCUT2D eigenvalue weighted by Gasteiger charge is -2.06. The molecule has 0 radical (unpaired) electrons. The maximum absolute atomic E-state index is 10.7. The molecule has 0 heterocycles. The molecule has 0 bridgehead atoms. The normalized spacial score (nSPS) is 13.0. The third-order valence-electron chi connectivity index (χ3n) is 5.44. The van der Waals surface area contributed by atoms with Crippen LogP contribution in [0, 0.1) is 0 Å². The minimum atomic E-state index is -0.954. The zero-order chi connectivity index (χ0) is 20.9. The summed E-state index contributed by atoms with van der Waals surface area (Å²) in [6.07, 6.45) is 23.1. The first-order valence-electron chi connectivity index (χ1n) is 11.8. The van der Waals surface area contributed by atoms with E-state index in [9.17, 15) is 9.90 Å². The van der Waals surface area contributed by atoms with E-state index in [2.05, 4.69) is 0 Å². The zero-order valence-corrected chi connectivity index (χ0v) is 18.3. The van der Waals surface area contributed by atoms with Crippen LogP contribution >= 0.6 is 0 Å². The van der Waals surface area contributed by atoms with Crippen LogP contribution in [0.25, 0.3) is 0 Å². The highest BCUT2D eigenvalue weighted by atomic mass is 16.4. The molecule has 0 rings (SSSR count). The minimum absolute atomic E-state index is 0.224. The predicted molar refractivity (Wildman–Crippen MR) is 118 cm³/mol. The van der Waals surface area contributed by atoms with Gasteiger partial charge in [-0.1, -0.05) is 103 Å². The molecular formula is C24H46O4. The molecule has 4 heteroatoms. The molecule has 0 spiro atoms. The first-order chi connectivity index (χ1) is 13.6. The Morgan fingerprint density at radius 1 is 0.679 bits per heavy atom. The number of rotatable bonds is 21. The number of carboxylic acids is 1. The van der Waals surface area contributed by atoms with E-state index in [-0.39, 0.29) is 5.57 Å². The molecule has 1 atom stereocenters. The molecule has 4 nitrogen and oxygen atoms in total. The van der Waals surface area contributed by atoms with Gasteiger partial charge in [0.15, 0.2) is 0 Å². The summed E-state index contributed by atoms with van der Waals surface area (Å²) in [5.74, 6) is -0.954. The number of carbonyl (C=O) groups is 1. The van der Waals surface area contributed by atoms with Gasteiger partial charge in [0.1, 0.15) is 0 Å². The van der Waals surface area contributed by atoms with Crippen molar-refractivity contribution in [2.45, 2.75) is 129 Å². The number of aliphatic hydroxyl groups excluding tert-OH is 2. The maximum atomic E-state index is 10.7. The maximum Gasteiger partial charge on any atom is 0.331 e. The highest BCUT2D eigenvalue weighted by molar-refractivity contribution is 5.85. The fourth-order valence-electron chi connectivity index (χ4n) is 3.56. The average molecular weight is 399 g/mol. The van der Waals surface area contributed by atoms with E-state index in [4.69, 9.17) is 10.2 Å². The number of unbranched alkanes of at least 4 members (excludes halogenated alkanes) is 16. The second kappa shape index (κ2) is 20.9. The van der Waals surface area contributed by atoms with Crippen molar-refractivity contribution >= 4 is 5.97 Å². The van der Waals surface area contributed by atoms with E-state index in [1.165, 1.54) is 103 Å². The molecule has 0 saturated carbocycles. The van der Waals surface area contributed by atoms with Crippen LogP contribution in [0.3, 0.4) is 0 Å². The van der Waals surface area contributed by atoms with Gasteiger partial charge in [0.05, 0.1) is 6.10 Å². The molecular weight excluding hydrogens is 352 g/mol. The first kappa shape index (κ1) is 27.1. The van der Waals surface area contributed by atoms with Crippen molar-refractivity contribution in [3.8, 4) is 0 Å². The Balaban J connectivity index is 3.20. The highest BCUT2D eigenvalue weighted by Crippen LogP contribution is 2.15. The molecule has 0 aromatic carbocycles. The smallest absolute Gasteiger partial charge is 0.331 e. The lowest BCUT2D eigenvalue weighted by molar-refractivity contribution is -0.132. The minimum Gasteiger partial charge on any atom is -0.478 e. The zero-order valence-electron chi connectivity index (χ0n) is 18.3. The molecule has 166 valence electrons. The summed E-state index contributed by atoms with van der Waals surface area (Å²) in [4.78, 5) is 10.7. The van der Waals surface area contributed by atoms with Crippen LogP contribution in [0.1, 0.15) is 122 Å². The molecule has 0 saturated heterocycles. The van der Waals surface area contributed by atoms with E-state index >= 15 is 0 Å². The van der Waals surface area contributed by atoms with Gasteiger partial charge in [-0.15, -0.1) is 0 Å². The molecule has 28 heavy (non-hydrogen) atoms. The monoisotopic (exact) mass is 398 g/mol. The third-order valence-corrected chi connectivity index (χ3v) is 5.44. The predicted octanol–water partition coefficient (Wildman–Crippen LogP) is 6.39. The molecule has 0 aromatic rings. The van der Waals surface area contributed by atoms with Crippen LogP contribution in [-0.2, 0) is 4.79 Å². The summed E-state index contributed by atoms with van der Waals surface area (Å²) < 4.78 is 0. The van der Waals surface area contributed by atoms with E-state index in [0.717, 1.165) is 19.3 Å². The van der Waals surface area contributed by atoms with Gasteiger partial charge >= 0.3 is 5.97 Å². The fourth-order valence-corrected chi connectivity index (χ4v) is 3.56. The van der Waals surface area contributed by atoms with Gasteiger partial charge in [0.25, 0.3) is 0 Å². The third kappa shape index (κ3) is 19.9. The number of hydrogen-bond acceptors (Lipinski definition) is 3. The second-order valence-electron chi connectivity index (χ2n) is 8.24. The second-order valence-corrected chi connectivity index (χ2v) is 8.24. The van der Waals surface area contributed by atoms with Crippen molar-refractivity contribution in [3.05, 3.63) is 11.6 Å². The van der Waals surface area contributed by atoms with Gasteiger partial charge in [0.2, 0.25) is 0 Å². The standard InChI is InChI=1S/C24H46O4/c1-22(24(27)28)21-23(26)19-17-15-13-11-9-7-5-3-2-4-6-8-10-12-14-16-18-20-25/h21,23,25-26H,2-20H2,1H3,(H,27,28). The van der Waals surface area contributed by atoms with Crippen molar-refractivity contribution in [2.75, 3.05) is 6.61 Å². The molecule has 0 amide bonds. The summed E-state index contributed by atoms with van der Waals surface area (Å²) >= 11 is 0. The Morgan fingerprint density at radius 2 is 1.00 bits per heavy atom. The summed E-state index contributed by atoms with van der Waals surface area (Å²) in [6.45, 7) is 1.87. The average Bonchev–Trinajstić information content (AvgIpc) is 2.66. The van der Waals surface area contributed by atoms with Crippen LogP contribution in [0.2, 0.25) is 0 Å². The van der Waals surface area contributed by atoms with E-state index < -0.39 is 12.1 Å². The van der Waals surface area contributed by atoms with E-state index in [0.29, 0.717) is 13.0 Å². The van der Waals surface area contributed by atoms with Crippen molar-refractivity contribution < 1.29 is 20.1 Å². The van der Waals surface area contributed by atoms with Gasteiger partial charge in [-0.3, -0.25) is 0 Å². The molecule has 0 aliphatic carbocycles. The largest absolute Gasteiger partial charge is 0.478 e. The van der Waals surface area contributed by atoms with Gasteiger partial charge in [0, 0.05) is 12.2 Å². The number of aliphatic hydroxyl groups is 2. The molecule has 0 aliphatic heterocycles. The SMILES string of the molecule is CC(=CC(O)CCCCCCCCCCCCCCCCCCCO)C(=O)O. The molecule has 0 aromatic heterocycles. The summed E-state index contributed by atoms with van der Waals surface area (Å²) in [7, 11) is 0. The Hall–Kier alpha value is -0.870. The van der Waals surface area contributed by atoms with Crippen molar-refractivity contribution in [3.63, 3.8) is 0 Å². The number of hydrogen-bond donors (Lipinski definition) is 3. The quantitative estimate of drug-likeness (QED) is 0.155. The topological polar surface area (TPSA) is 77.8 Å². The summed E-state index contributed by atoms with van der Waals surface area (Å²) in [5.41, 5.74) is 0.224. The van der Waals surface area contributed by atoms with Crippen molar-refractivity contribution in [2.24, 2.45) is 0 Å². The lowest BCUT2D eigenvalue weighted by atomic mass is 10.0. The molecule has 0 fully saturated rings. The van der Waals surface area contributed by atoms with Crippen LogP contribution < -0.4 is 0 Å². The molecule has 0 aliphatic rings. The van der Waals surface area contributed by atoms with E-state index in [1.807, 2.05) is 0 Å². The Kier molecular flexibility index (Phi) is 20.2. The summed E-state index contributed by atoms with van der Waals surface area (Å²) in [5, 5.41) is 27.3. The van der Waals surface area contributed by atoms with Crippen molar-refractivity contribution in [1.82, 2.24) is 0 Å². The van der Waals surface area contributed by atoms with E-state index in [1.54, 1.807) is 0 Å². The Bertz CT molecular complexity index is 379. The van der Waals surface area contributed by atoms with Gasteiger partial charge in [-0.2, -0.15) is 0 Å². The number of aliphatic carboxylic acids is 1. The highest BCUT2D eigenvalue weighted by Gasteiger charge is 2.05. The Morgan fingerprint density at radius 3 is 1.32 bits per heavy atom. The van der Waals surface area contributed by atoms with Gasteiger partial charge in [-0.25, -0.2) is 4.79 Å². The van der Waals surface area contributed by atoms with Gasteiger partial charge in [-0.05, 0) is 25.8 Å². The van der Waals surface area contributed by atoms with Gasteiger partial charge < -0.3 is 15.3 Å². The lowest BCUT2D eigenvalue weighted by Crippen LogP contribution is -2.06. The van der Waals surface area contributed by atoms with Crippen LogP contribution in [0.4, 0.5) is 0 Å². The molecule has 3 N–H and O–H groups in total. The fraction of sp³-hybridized carbons (Fsp3) is 0.875. The van der Waals surface area contributed by atoms with Crippen LogP contribution in [-0.4, -0.2) is 34.0 Å². The van der Waals surface area contributed by atoms with Crippen LogP contribution in [0.15, 0.2) is 11.6 Å². The first-order valence-corrected chi connectivity index (χ1v) is 11.8. The van der Waals surface area contributed by atoms with Crippen LogP contribution in [0.5, 0.6) is 0 Å². The Labute approximate surface area is 173 Å². The summed E-state index contributed by atoms with van der Waals surface area (Å²) in [6, 6.07) is 0. The number of carboxylic acid groups (broad SMARTS) is 1. The van der Waals surface area contributed by atoms with Crippen molar-refractivity contribution in [1.29, 1.82) is 0 Å². The molecule has 1 unspecified atom stereocenters.